The van der Waals surface area contributed by atoms with Crippen LogP contribution in [-0.2, 0) is 25.3 Å². The van der Waals surface area contributed by atoms with Crippen molar-refractivity contribution in [1.29, 1.82) is 0 Å². The highest BCUT2D eigenvalue weighted by Crippen LogP contribution is 2.39. The van der Waals surface area contributed by atoms with Gasteiger partial charge >= 0.3 is 5.97 Å². The Balaban J connectivity index is 1.29. The summed E-state index contributed by atoms with van der Waals surface area (Å²) in [4.78, 5) is 29.3. The number of hydrogen-bond donors (Lipinski definition) is 2. The van der Waals surface area contributed by atoms with E-state index >= 15 is 0 Å². The van der Waals surface area contributed by atoms with Gasteiger partial charge in [-0.05, 0) is 92.2 Å². The molecule has 0 bridgehead atoms. The summed E-state index contributed by atoms with van der Waals surface area (Å²) in [5.74, 6) is -0.741. The summed E-state index contributed by atoms with van der Waals surface area (Å²) in [5, 5.41) is 15.9. The van der Waals surface area contributed by atoms with Gasteiger partial charge in [0.05, 0.1) is 18.6 Å². The van der Waals surface area contributed by atoms with Gasteiger partial charge in [-0.2, -0.15) is 0 Å². The maximum Gasteiger partial charge on any atom is 0.321 e. The molecule has 6 nitrogen and oxygen atoms in total. The number of unbranched alkanes of at least 4 members (excludes halogenated alkanes) is 2. The molecule has 0 atom stereocenters. The van der Waals surface area contributed by atoms with Crippen molar-refractivity contribution < 1.29 is 19.4 Å². The number of rotatable bonds is 13. The third-order valence-corrected chi connectivity index (χ3v) is 9.02. The highest BCUT2D eigenvalue weighted by molar-refractivity contribution is 6.31. The number of esters is 1. The molecule has 3 aromatic carbocycles. The third-order valence-electron chi connectivity index (χ3n) is 8.26. The number of aliphatic hydroxyl groups is 1. The van der Waals surface area contributed by atoms with Crippen molar-refractivity contribution in [2.45, 2.75) is 56.5 Å². The number of ether oxygens (including phenoxy) is 1. The van der Waals surface area contributed by atoms with Crippen LogP contribution in [0.1, 0.15) is 62.1 Å². The van der Waals surface area contributed by atoms with Crippen molar-refractivity contribution in [2.75, 3.05) is 32.8 Å². The van der Waals surface area contributed by atoms with E-state index in [0.29, 0.717) is 45.6 Å². The molecule has 4 rings (SSSR count). The Morgan fingerprint density at radius 2 is 1.35 bits per heavy atom. The predicted molar refractivity (Wildman–Crippen MR) is 173 cm³/mol. The van der Waals surface area contributed by atoms with E-state index < -0.39 is 17.0 Å². The van der Waals surface area contributed by atoms with Gasteiger partial charge in [0.25, 0.3) is 0 Å². The van der Waals surface area contributed by atoms with Gasteiger partial charge in [0.2, 0.25) is 5.91 Å². The standard InChI is InChI=1S/C34H39Cl3N2O4/c1-2-43-32(41)34(26-8-14-29(36)15-9-26,27-10-16-30(37)17-11-27)24-31(40)38-20-4-3-5-21-39-22-18-33(42,19-23-39)25-6-12-28(35)13-7-25/h6-17,42H,2-5,18-24H2,1H3,(H,38,40). The largest absolute Gasteiger partial charge is 0.465 e. The summed E-state index contributed by atoms with van der Waals surface area (Å²) < 4.78 is 5.52. The normalized spacial score (nSPS) is 15.2. The average molecular weight is 646 g/mol. The quantitative estimate of drug-likeness (QED) is 0.152. The Hall–Kier alpha value is -2.61. The van der Waals surface area contributed by atoms with Crippen LogP contribution in [0.3, 0.4) is 0 Å². The molecule has 1 amide bonds. The summed E-state index contributed by atoms with van der Waals surface area (Å²) in [6, 6.07) is 21.4. The number of piperidine rings is 1. The smallest absolute Gasteiger partial charge is 0.321 e. The van der Waals surface area contributed by atoms with Crippen molar-refractivity contribution >= 4 is 46.7 Å². The second kappa shape index (κ2) is 15.4. The van der Waals surface area contributed by atoms with Crippen LogP contribution in [0, 0.1) is 0 Å². The Morgan fingerprint density at radius 1 is 0.837 bits per heavy atom. The summed E-state index contributed by atoms with van der Waals surface area (Å²) in [7, 11) is 0. The van der Waals surface area contributed by atoms with Crippen molar-refractivity contribution in [3.63, 3.8) is 0 Å². The highest BCUT2D eigenvalue weighted by Gasteiger charge is 2.45. The molecular weight excluding hydrogens is 607 g/mol. The van der Waals surface area contributed by atoms with Crippen LogP contribution < -0.4 is 5.32 Å². The lowest BCUT2D eigenvalue weighted by molar-refractivity contribution is -0.150. The zero-order chi connectivity index (χ0) is 30.9. The van der Waals surface area contributed by atoms with Crippen LogP contribution in [0.4, 0.5) is 0 Å². The van der Waals surface area contributed by atoms with Gasteiger partial charge in [-0.1, -0.05) is 77.6 Å². The SMILES string of the molecule is CCOC(=O)C(CC(=O)NCCCCCN1CCC(O)(c2ccc(Cl)cc2)CC1)(c1ccc(Cl)cc1)c1ccc(Cl)cc1. The van der Waals surface area contributed by atoms with Crippen molar-refractivity contribution in [3.05, 3.63) is 105 Å². The van der Waals surface area contributed by atoms with Crippen molar-refractivity contribution in [2.24, 2.45) is 0 Å². The zero-order valence-electron chi connectivity index (χ0n) is 24.5. The monoisotopic (exact) mass is 644 g/mol. The molecule has 1 saturated heterocycles. The van der Waals surface area contributed by atoms with Gasteiger partial charge < -0.3 is 20.1 Å². The van der Waals surface area contributed by atoms with Crippen LogP contribution in [0.25, 0.3) is 0 Å². The van der Waals surface area contributed by atoms with E-state index in [0.717, 1.165) is 44.5 Å². The fourth-order valence-corrected chi connectivity index (χ4v) is 6.14. The molecule has 0 spiro atoms. The molecule has 0 aliphatic carbocycles. The number of carbonyl (C=O) groups is 2. The van der Waals surface area contributed by atoms with Gasteiger partial charge in [0, 0.05) is 34.7 Å². The topological polar surface area (TPSA) is 78.9 Å². The lowest BCUT2D eigenvalue weighted by atomic mass is 9.71. The number of amides is 1. The number of halogens is 3. The molecule has 0 unspecified atom stereocenters. The number of nitrogens with zero attached hydrogens (tertiary/aromatic N) is 1. The van der Waals surface area contributed by atoms with Gasteiger partial charge in [-0.25, -0.2) is 0 Å². The van der Waals surface area contributed by atoms with E-state index in [2.05, 4.69) is 10.2 Å². The number of carbonyl (C=O) groups excluding carboxylic acids is 2. The molecule has 0 saturated carbocycles. The minimum absolute atomic E-state index is 0.112. The predicted octanol–water partition coefficient (Wildman–Crippen LogP) is 7.16. The Kier molecular flexibility index (Phi) is 11.9. The van der Waals surface area contributed by atoms with E-state index in [1.807, 2.05) is 24.3 Å². The Bertz CT molecular complexity index is 1290. The van der Waals surface area contributed by atoms with Gasteiger partial charge in [-0.15, -0.1) is 0 Å². The van der Waals surface area contributed by atoms with Crippen LogP contribution in [-0.4, -0.2) is 54.7 Å². The maximum absolute atomic E-state index is 13.6. The second-order valence-electron chi connectivity index (χ2n) is 11.1. The first-order valence-corrected chi connectivity index (χ1v) is 16.0. The molecule has 9 heteroatoms. The average Bonchev–Trinajstić information content (AvgIpc) is 3.00. The zero-order valence-corrected chi connectivity index (χ0v) is 26.7. The minimum Gasteiger partial charge on any atom is -0.465 e. The fourth-order valence-electron chi connectivity index (χ4n) is 5.77. The van der Waals surface area contributed by atoms with E-state index in [1.54, 1.807) is 55.5 Å². The third kappa shape index (κ3) is 8.52. The van der Waals surface area contributed by atoms with Crippen molar-refractivity contribution in [1.82, 2.24) is 10.2 Å². The van der Waals surface area contributed by atoms with Gasteiger partial charge in [0.1, 0.15) is 5.41 Å². The lowest BCUT2D eigenvalue weighted by Crippen LogP contribution is -2.43. The van der Waals surface area contributed by atoms with Crippen LogP contribution in [0.5, 0.6) is 0 Å². The molecule has 0 radical (unpaired) electrons. The Labute approximate surface area is 269 Å². The first-order chi connectivity index (χ1) is 20.7. The molecule has 1 aliphatic rings. The van der Waals surface area contributed by atoms with Crippen LogP contribution in [0.2, 0.25) is 15.1 Å². The summed E-state index contributed by atoms with van der Waals surface area (Å²) in [5.41, 5.74) is 0.0145. The first kappa shape index (κ1) is 33.3. The Morgan fingerprint density at radius 3 is 1.86 bits per heavy atom. The number of benzene rings is 3. The molecule has 3 aromatic rings. The number of likely N-dealkylation sites (tertiary alicyclic amines) is 1. The van der Waals surface area contributed by atoms with E-state index in [1.165, 1.54) is 0 Å². The molecule has 0 aromatic heterocycles. The summed E-state index contributed by atoms with van der Waals surface area (Å²) >= 11 is 18.3. The van der Waals surface area contributed by atoms with E-state index in [9.17, 15) is 14.7 Å². The minimum atomic E-state index is -1.35. The summed E-state index contributed by atoms with van der Waals surface area (Å²) in [6.07, 6.45) is 4.04. The molecule has 1 aliphatic heterocycles. The molecular formula is C34H39Cl3N2O4. The van der Waals surface area contributed by atoms with Crippen molar-refractivity contribution in [3.8, 4) is 0 Å². The number of nitrogens with one attached hydrogen (secondary N) is 1. The molecule has 1 heterocycles. The molecule has 43 heavy (non-hydrogen) atoms. The fraction of sp³-hybridized carbons (Fsp3) is 0.412. The maximum atomic E-state index is 13.6. The first-order valence-electron chi connectivity index (χ1n) is 14.8. The molecule has 230 valence electrons. The van der Waals surface area contributed by atoms with Crippen LogP contribution >= 0.6 is 34.8 Å². The molecule has 1 fully saturated rings. The van der Waals surface area contributed by atoms with Crippen LogP contribution in [0.15, 0.2) is 72.8 Å². The van der Waals surface area contributed by atoms with Gasteiger partial charge in [-0.3, -0.25) is 9.59 Å². The van der Waals surface area contributed by atoms with E-state index in [4.69, 9.17) is 39.5 Å². The van der Waals surface area contributed by atoms with E-state index in [-0.39, 0.29) is 18.9 Å². The van der Waals surface area contributed by atoms with Gasteiger partial charge in [0.15, 0.2) is 0 Å². The highest BCUT2D eigenvalue weighted by atomic mass is 35.5. The molecule has 2 N–H and O–H groups in total. The second-order valence-corrected chi connectivity index (χ2v) is 12.4. The lowest BCUT2D eigenvalue weighted by Gasteiger charge is -2.38. The summed E-state index contributed by atoms with van der Waals surface area (Å²) in [6.45, 7) is 5.05. The number of hydrogen-bond acceptors (Lipinski definition) is 5.